The average molecular weight is 501 g/mol. The summed E-state index contributed by atoms with van der Waals surface area (Å²) in [5.74, 6) is 1.01. The minimum atomic E-state index is -0.531. The fourth-order valence-electron chi connectivity index (χ4n) is 3.56. The van der Waals surface area contributed by atoms with Crippen LogP contribution in [0, 0.1) is 4.77 Å². The van der Waals surface area contributed by atoms with Gasteiger partial charge in [0, 0.05) is 16.2 Å². The minimum Gasteiger partial charge on any atom is -0.494 e. The van der Waals surface area contributed by atoms with Crippen molar-refractivity contribution in [1.82, 2.24) is 9.55 Å². The van der Waals surface area contributed by atoms with E-state index in [0.29, 0.717) is 33.5 Å². The second kappa shape index (κ2) is 9.54. The molecular formula is C26H17ClN4O3S. The first-order chi connectivity index (χ1) is 17.0. The van der Waals surface area contributed by atoms with Crippen molar-refractivity contribution in [1.29, 1.82) is 0 Å². The lowest BCUT2D eigenvalue weighted by molar-refractivity contribution is 0.431. The highest BCUT2D eigenvalue weighted by molar-refractivity contribution is 7.71. The zero-order chi connectivity index (χ0) is 24.4. The number of para-hydroxylation sites is 1. The lowest BCUT2D eigenvalue weighted by Crippen LogP contribution is -2.16. The third-order valence-electron chi connectivity index (χ3n) is 5.24. The summed E-state index contributed by atoms with van der Waals surface area (Å²) in [5, 5.41) is 19.8. The second-order valence-electron chi connectivity index (χ2n) is 7.54. The van der Waals surface area contributed by atoms with Gasteiger partial charge < -0.3 is 9.84 Å². The van der Waals surface area contributed by atoms with E-state index < -0.39 is 5.56 Å². The van der Waals surface area contributed by atoms with Gasteiger partial charge in [-0.3, -0.25) is 14.3 Å². The molecule has 7 nitrogen and oxygen atoms in total. The molecular weight excluding hydrogens is 484 g/mol. The highest BCUT2D eigenvalue weighted by Crippen LogP contribution is 2.26. The standard InChI is InChI=1S/C26H17ClN4O3S/c27-18-8-6-16(7-9-18)23-17(15-28-30-23)14-22-24(32)29-26(35)31(25(22)33)19-10-12-21(13-11-19)34-20-4-2-1-3-5-20/h1-15,33H,(H,29,32,35). The summed E-state index contributed by atoms with van der Waals surface area (Å²) in [7, 11) is 0. The largest absolute Gasteiger partial charge is 0.494 e. The van der Waals surface area contributed by atoms with Crippen molar-refractivity contribution in [3.05, 3.63) is 116 Å². The predicted octanol–water partition coefficient (Wildman–Crippen LogP) is 5.92. The number of rotatable bonds is 5. The molecule has 0 fully saturated rings. The Morgan fingerprint density at radius 2 is 1.66 bits per heavy atom. The normalized spacial score (nSPS) is 13.7. The maximum Gasteiger partial charge on any atom is 0.262 e. The number of benzene rings is 3. The van der Waals surface area contributed by atoms with Crippen molar-refractivity contribution in [2.75, 3.05) is 0 Å². The Bertz CT molecular complexity index is 1600. The first-order valence-electron chi connectivity index (χ1n) is 10.5. The molecule has 0 radical (unpaired) electrons. The maximum atomic E-state index is 12.7. The summed E-state index contributed by atoms with van der Waals surface area (Å²) in [5.41, 5.74) is 1.93. The van der Waals surface area contributed by atoms with Gasteiger partial charge in [-0.25, -0.2) is 0 Å². The molecule has 0 bridgehead atoms. The molecule has 0 amide bonds. The fraction of sp³-hybridized carbons (Fsp3) is 0. The molecule has 2 N–H and O–H groups in total. The summed E-state index contributed by atoms with van der Waals surface area (Å²) in [6.07, 6.45) is 3.04. The maximum absolute atomic E-state index is 12.7. The van der Waals surface area contributed by atoms with Crippen LogP contribution in [0.4, 0.5) is 0 Å². The highest BCUT2D eigenvalue weighted by atomic mass is 35.5. The van der Waals surface area contributed by atoms with Crippen LogP contribution >= 0.6 is 23.8 Å². The van der Waals surface area contributed by atoms with E-state index in [0.717, 1.165) is 5.56 Å². The van der Waals surface area contributed by atoms with Gasteiger partial charge in [-0.15, -0.1) is 5.10 Å². The number of aromatic hydroxyl groups is 1. The molecule has 35 heavy (non-hydrogen) atoms. The van der Waals surface area contributed by atoms with E-state index in [9.17, 15) is 9.90 Å². The SMILES string of the molecule is O=c1[nH]c(=S)n(-c2ccc(Oc3ccccc3)cc2)c(O)c1C=C1C=NN=C1c1ccc(Cl)cc1. The Hall–Kier alpha value is -4.27. The number of allylic oxidation sites excluding steroid dienone is 1. The fourth-order valence-corrected chi connectivity index (χ4v) is 3.97. The molecule has 1 aromatic heterocycles. The number of nitrogens with zero attached hydrogens (tertiary/aromatic N) is 3. The topological polar surface area (TPSA) is 92.0 Å². The molecule has 0 aliphatic carbocycles. The van der Waals surface area contributed by atoms with Crippen molar-refractivity contribution < 1.29 is 9.84 Å². The number of halogens is 1. The molecule has 4 aromatic rings. The van der Waals surface area contributed by atoms with E-state index in [-0.39, 0.29) is 16.2 Å². The Labute approximate surface area is 210 Å². The van der Waals surface area contributed by atoms with Crippen LogP contribution < -0.4 is 10.3 Å². The lowest BCUT2D eigenvalue weighted by atomic mass is 10.0. The minimum absolute atomic E-state index is 0.0215. The summed E-state index contributed by atoms with van der Waals surface area (Å²) in [6.45, 7) is 0. The van der Waals surface area contributed by atoms with E-state index in [1.54, 1.807) is 48.5 Å². The molecule has 1 aliphatic heterocycles. The zero-order valence-electron chi connectivity index (χ0n) is 18.1. The van der Waals surface area contributed by atoms with Crippen molar-refractivity contribution in [3.63, 3.8) is 0 Å². The number of aromatic nitrogens is 2. The number of ether oxygens (including phenoxy) is 1. The molecule has 0 unspecified atom stereocenters. The van der Waals surface area contributed by atoms with Crippen LogP contribution in [0.3, 0.4) is 0 Å². The number of hydrogen-bond acceptors (Lipinski definition) is 6. The van der Waals surface area contributed by atoms with Gasteiger partial charge in [0.15, 0.2) is 4.77 Å². The number of H-pyrrole nitrogens is 1. The Morgan fingerprint density at radius 3 is 2.37 bits per heavy atom. The van der Waals surface area contributed by atoms with E-state index in [2.05, 4.69) is 15.2 Å². The average Bonchev–Trinajstić information content (AvgIpc) is 3.32. The molecule has 5 rings (SSSR count). The van der Waals surface area contributed by atoms with Crippen molar-refractivity contribution in [2.24, 2.45) is 10.2 Å². The molecule has 0 saturated carbocycles. The summed E-state index contributed by atoms with van der Waals surface area (Å²) in [6, 6.07) is 23.5. The van der Waals surface area contributed by atoms with E-state index >= 15 is 0 Å². The first kappa shape index (κ1) is 22.5. The number of aromatic amines is 1. The zero-order valence-corrected chi connectivity index (χ0v) is 19.6. The summed E-state index contributed by atoms with van der Waals surface area (Å²) in [4.78, 5) is 15.3. The van der Waals surface area contributed by atoms with Crippen molar-refractivity contribution in [2.45, 2.75) is 0 Å². The van der Waals surface area contributed by atoms with E-state index in [1.165, 1.54) is 16.9 Å². The molecule has 2 heterocycles. The van der Waals surface area contributed by atoms with Crippen LogP contribution in [0.2, 0.25) is 5.02 Å². The smallest absolute Gasteiger partial charge is 0.262 e. The van der Waals surface area contributed by atoms with Crippen molar-refractivity contribution in [3.8, 4) is 23.1 Å². The van der Waals surface area contributed by atoms with Gasteiger partial charge in [-0.05, 0) is 66.8 Å². The second-order valence-corrected chi connectivity index (χ2v) is 8.36. The molecule has 3 aromatic carbocycles. The van der Waals surface area contributed by atoms with Crippen LogP contribution in [0.1, 0.15) is 11.1 Å². The van der Waals surface area contributed by atoms with Gasteiger partial charge in [0.25, 0.3) is 5.56 Å². The number of hydrogen-bond donors (Lipinski definition) is 2. The van der Waals surface area contributed by atoms with Crippen LogP contribution in [-0.4, -0.2) is 26.6 Å². The molecule has 0 spiro atoms. The molecule has 9 heteroatoms. The van der Waals surface area contributed by atoms with E-state index in [1.807, 2.05) is 30.3 Å². The monoisotopic (exact) mass is 500 g/mol. The van der Waals surface area contributed by atoms with Crippen LogP contribution in [0.25, 0.3) is 11.8 Å². The van der Waals surface area contributed by atoms with Crippen LogP contribution in [0.5, 0.6) is 17.4 Å². The highest BCUT2D eigenvalue weighted by Gasteiger charge is 2.18. The summed E-state index contributed by atoms with van der Waals surface area (Å²) >= 11 is 11.3. The van der Waals surface area contributed by atoms with Gasteiger partial charge in [0.2, 0.25) is 5.88 Å². The van der Waals surface area contributed by atoms with Gasteiger partial charge in [-0.1, -0.05) is 41.9 Å². The van der Waals surface area contributed by atoms with E-state index in [4.69, 9.17) is 28.6 Å². The lowest BCUT2D eigenvalue weighted by Gasteiger charge is -2.13. The summed E-state index contributed by atoms with van der Waals surface area (Å²) < 4.78 is 7.25. The third-order valence-corrected chi connectivity index (χ3v) is 5.78. The van der Waals surface area contributed by atoms with Crippen molar-refractivity contribution >= 4 is 41.8 Å². The molecule has 172 valence electrons. The third kappa shape index (κ3) is 4.70. The van der Waals surface area contributed by atoms with Gasteiger partial charge in [0.05, 0.1) is 11.9 Å². The number of nitrogens with one attached hydrogen (secondary N) is 1. The molecule has 1 aliphatic rings. The van der Waals surface area contributed by atoms with Gasteiger partial charge in [-0.2, -0.15) is 5.10 Å². The Kier molecular flexibility index (Phi) is 6.13. The molecule has 0 saturated heterocycles. The Balaban J connectivity index is 1.51. The quantitative estimate of drug-likeness (QED) is 0.333. The van der Waals surface area contributed by atoms with Crippen LogP contribution in [-0.2, 0) is 0 Å². The van der Waals surface area contributed by atoms with Gasteiger partial charge in [0.1, 0.15) is 22.8 Å². The van der Waals surface area contributed by atoms with Crippen LogP contribution in [0.15, 0.2) is 99.4 Å². The predicted molar refractivity (Wildman–Crippen MR) is 140 cm³/mol. The molecule has 0 atom stereocenters. The Morgan fingerprint density at radius 1 is 0.971 bits per heavy atom. The first-order valence-corrected chi connectivity index (χ1v) is 11.3. The van der Waals surface area contributed by atoms with Gasteiger partial charge >= 0.3 is 0 Å².